The molecule has 1 aromatic rings. The first kappa shape index (κ1) is 10.7. The molecular formula is C11H13IN2O. The highest BCUT2D eigenvalue weighted by molar-refractivity contribution is 14.1. The number of anilines is 1. The van der Waals surface area contributed by atoms with Gasteiger partial charge in [0.2, 0.25) is 5.91 Å². The molecule has 0 aromatic heterocycles. The first-order chi connectivity index (χ1) is 7.25. The third-order valence-electron chi connectivity index (χ3n) is 2.26. The van der Waals surface area contributed by atoms with Gasteiger partial charge in [0, 0.05) is 15.3 Å². The van der Waals surface area contributed by atoms with Gasteiger partial charge in [0.15, 0.2) is 0 Å². The van der Waals surface area contributed by atoms with E-state index in [1.54, 1.807) is 0 Å². The lowest BCUT2D eigenvalue weighted by Crippen LogP contribution is -2.31. The maximum absolute atomic E-state index is 11.4. The van der Waals surface area contributed by atoms with Crippen LogP contribution >= 0.6 is 22.6 Å². The second kappa shape index (κ2) is 4.83. The number of hydrogen-bond acceptors (Lipinski definition) is 2. The van der Waals surface area contributed by atoms with Crippen LogP contribution in [0.25, 0.3) is 0 Å². The summed E-state index contributed by atoms with van der Waals surface area (Å²) >= 11 is 2.25. The van der Waals surface area contributed by atoms with Crippen molar-refractivity contribution in [1.82, 2.24) is 5.32 Å². The Morgan fingerprint density at radius 2 is 2.13 bits per heavy atom. The van der Waals surface area contributed by atoms with Crippen LogP contribution in [-0.4, -0.2) is 18.5 Å². The van der Waals surface area contributed by atoms with Gasteiger partial charge in [0.25, 0.3) is 0 Å². The van der Waals surface area contributed by atoms with Gasteiger partial charge in [-0.2, -0.15) is 0 Å². The fourth-order valence-corrected chi connectivity index (χ4v) is 1.86. The van der Waals surface area contributed by atoms with Crippen LogP contribution in [0.4, 0.5) is 5.69 Å². The molecule has 1 fully saturated rings. The lowest BCUT2D eigenvalue weighted by atomic mass is 10.3. The van der Waals surface area contributed by atoms with E-state index in [0.29, 0.717) is 12.6 Å². The molecule has 1 saturated carbocycles. The first-order valence-electron chi connectivity index (χ1n) is 5.03. The molecule has 1 aromatic carbocycles. The lowest BCUT2D eigenvalue weighted by Gasteiger charge is -2.08. The highest BCUT2D eigenvalue weighted by Gasteiger charge is 2.22. The number of rotatable bonds is 4. The quantitative estimate of drug-likeness (QED) is 0.834. The Kier molecular flexibility index (Phi) is 3.45. The molecule has 0 spiro atoms. The number of para-hydroxylation sites is 1. The summed E-state index contributed by atoms with van der Waals surface area (Å²) in [5.41, 5.74) is 1.02. The van der Waals surface area contributed by atoms with Crippen LogP contribution in [0.2, 0.25) is 0 Å². The summed E-state index contributed by atoms with van der Waals surface area (Å²) in [6.45, 7) is 0.358. The van der Waals surface area contributed by atoms with Gasteiger partial charge < -0.3 is 10.6 Å². The minimum atomic E-state index is 0.0807. The molecule has 0 radical (unpaired) electrons. The predicted octanol–water partition coefficient (Wildman–Crippen LogP) is 1.98. The van der Waals surface area contributed by atoms with Crippen LogP contribution in [0.3, 0.4) is 0 Å². The lowest BCUT2D eigenvalue weighted by molar-refractivity contribution is -0.119. The number of hydrogen-bond donors (Lipinski definition) is 2. The molecule has 1 aliphatic rings. The van der Waals surface area contributed by atoms with E-state index in [2.05, 4.69) is 33.2 Å². The number of carbonyl (C=O) groups excluding carboxylic acids is 1. The summed E-state index contributed by atoms with van der Waals surface area (Å²) in [7, 11) is 0. The van der Waals surface area contributed by atoms with Gasteiger partial charge >= 0.3 is 0 Å². The topological polar surface area (TPSA) is 41.1 Å². The Morgan fingerprint density at radius 3 is 2.80 bits per heavy atom. The van der Waals surface area contributed by atoms with Crippen molar-refractivity contribution < 1.29 is 4.79 Å². The molecule has 0 heterocycles. The molecule has 0 atom stereocenters. The number of carbonyl (C=O) groups is 1. The standard InChI is InChI=1S/C11H13IN2O/c12-9-3-1-2-4-10(9)13-7-11(15)14-8-5-6-8/h1-4,8,13H,5-7H2,(H,14,15). The Bertz CT molecular complexity index is 363. The summed E-state index contributed by atoms with van der Waals surface area (Å²) < 4.78 is 1.13. The summed E-state index contributed by atoms with van der Waals surface area (Å²) in [6, 6.07) is 8.38. The van der Waals surface area contributed by atoms with Crippen LogP contribution in [0, 0.1) is 3.57 Å². The minimum Gasteiger partial charge on any atom is -0.375 e. The van der Waals surface area contributed by atoms with Gasteiger partial charge in [-0.3, -0.25) is 4.79 Å². The fraction of sp³-hybridized carbons (Fsp3) is 0.364. The number of nitrogens with one attached hydrogen (secondary N) is 2. The molecule has 0 bridgehead atoms. The fourth-order valence-electron chi connectivity index (χ4n) is 1.29. The molecule has 0 aliphatic heterocycles. The van der Waals surface area contributed by atoms with E-state index in [1.165, 1.54) is 0 Å². The maximum Gasteiger partial charge on any atom is 0.239 e. The van der Waals surface area contributed by atoms with E-state index in [9.17, 15) is 4.79 Å². The van der Waals surface area contributed by atoms with Crippen molar-refractivity contribution >= 4 is 34.2 Å². The van der Waals surface area contributed by atoms with Crippen molar-refractivity contribution in [2.45, 2.75) is 18.9 Å². The van der Waals surface area contributed by atoms with E-state index in [1.807, 2.05) is 24.3 Å². The summed E-state index contributed by atoms with van der Waals surface area (Å²) in [5, 5.41) is 6.07. The van der Waals surface area contributed by atoms with Crippen LogP contribution in [0.15, 0.2) is 24.3 Å². The molecule has 2 N–H and O–H groups in total. The Labute approximate surface area is 103 Å². The molecule has 15 heavy (non-hydrogen) atoms. The molecule has 0 saturated heterocycles. The van der Waals surface area contributed by atoms with Crippen LogP contribution in [-0.2, 0) is 4.79 Å². The van der Waals surface area contributed by atoms with Gasteiger partial charge in [-0.1, -0.05) is 12.1 Å². The SMILES string of the molecule is O=C(CNc1ccccc1I)NC1CC1. The summed E-state index contributed by atoms with van der Waals surface area (Å²) in [5.74, 6) is 0.0807. The van der Waals surface area contributed by atoms with Crippen molar-refractivity contribution in [2.24, 2.45) is 0 Å². The van der Waals surface area contributed by atoms with Crippen molar-refractivity contribution in [2.75, 3.05) is 11.9 Å². The molecule has 0 unspecified atom stereocenters. The summed E-state index contributed by atoms with van der Waals surface area (Å²) in [4.78, 5) is 11.4. The minimum absolute atomic E-state index is 0.0807. The maximum atomic E-state index is 11.4. The zero-order valence-corrected chi connectivity index (χ0v) is 10.5. The third kappa shape index (κ3) is 3.37. The van der Waals surface area contributed by atoms with Crippen molar-refractivity contribution in [3.8, 4) is 0 Å². The Balaban J connectivity index is 1.81. The van der Waals surface area contributed by atoms with Gasteiger partial charge in [0.05, 0.1) is 6.54 Å². The van der Waals surface area contributed by atoms with Crippen LogP contribution < -0.4 is 10.6 Å². The molecular weight excluding hydrogens is 303 g/mol. The highest BCUT2D eigenvalue weighted by Crippen LogP contribution is 2.19. The molecule has 4 heteroatoms. The van der Waals surface area contributed by atoms with E-state index in [4.69, 9.17) is 0 Å². The molecule has 1 amide bonds. The van der Waals surface area contributed by atoms with E-state index in [-0.39, 0.29) is 5.91 Å². The van der Waals surface area contributed by atoms with Crippen molar-refractivity contribution in [3.05, 3.63) is 27.8 Å². The molecule has 80 valence electrons. The number of amides is 1. The predicted molar refractivity (Wildman–Crippen MR) is 68.8 cm³/mol. The van der Waals surface area contributed by atoms with E-state index < -0.39 is 0 Å². The second-order valence-corrected chi connectivity index (χ2v) is 4.84. The Morgan fingerprint density at radius 1 is 1.40 bits per heavy atom. The zero-order valence-electron chi connectivity index (χ0n) is 8.29. The van der Waals surface area contributed by atoms with Crippen LogP contribution in [0.5, 0.6) is 0 Å². The average Bonchev–Trinajstić information content (AvgIpc) is 3.00. The van der Waals surface area contributed by atoms with Crippen LogP contribution in [0.1, 0.15) is 12.8 Å². The van der Waals surface area contributed by atoms with Gasteiger partial charge in [0.1, 0.15) is 0 Å². The van der Waals surface area contributed by atoms with E-state index >= 15 is 0 Å². The second-order valence-electron chi connectivity index (χ2n) is 3.68. The number of benzene rings is 1. The third-order valence-corrected chi connectivity index (χ3v) is 3.20. The zero-order chi connectivity index (χ0) is 10.7. The smallest absolute Gasteiger partial charge is 0.239 e. The van der Waals surface area contributed by atoms with Crippen molar-refractivity contribution in [3.63, 3.8) is 0 Å². The Hall–Kier alpha value is -0.780. The van der Waals surface area contributed by atoms with E-state index in [0.717, 1.165) is 22.1 Å². The first-order valence-corrected chi connectivity index (χ1v) is 6.11. The summed E-state index contributed by atoms with van der Waals surface area (Å²) in [6.07, 6.45) is 2.27. The normalized spacial score (nSPS) is 14.7. The monoisotopic (exact) mass is 316 g/mol. The van der Waals surface area contributed by atoms with Gasteiger partial charge in [-0.05, 0) is 47.6 Å². The molecule has 3 nitrogen and oxygen atoms in total. The molecule has 2 rings (SSSR count). The van der Waals surface area contributed by atoms with Crippen molar-refractivity contribution in [1.29, 1.82) is 0 Å². The largest absolute Gasteiger partial charge is 0.375 e. The van der Waals surface area contributed by atoms with Gasteiger partial charge in [-0.15, -0.1) is 0 Å². The number of halogens is 1. The average molecular weight is 316 g/mol. The molecule has 1 aliphatic carbocycles. The van der Waals surface area contributed by atoms with Gasteiger partial charge in [-0.25, -0.2) is 0 Å². The highest BCUT2D eigenvalue weighted by atomic mass is 127.